The lowest BCUT2D eigenvalue weighted by atomic mass is 10.2. The number of anilines is 1. The summed E-state index contributed by atoms with van der Waals surface area (Å²) in [6.07, 6.45) is 0. The van der Waals surface area contributed by atoms with Crippen molar-refractivity contribution in [1.82, 2.24) is 5.32 Å². The second-order valence-electron chi connectivity index (χ2n) is 3.94. The number of carbonyl (C=O) groups excluding carboxylic acids is 1. The van der Waals surface area contributed by atoms with Gasteiger partial charge in [-0.25, -0.2) is 4.79 Å². The van der Waals surface area contributed by atoms with Gasteiger partial charge >= 0.3 is 6.03 Å². The van der Waals surface area contributed by atoms with E-state index in [9.17, 15) is 4.79 Å². The van der Waals surface area contributed by atoms with Gasteiger partial charge in [0, 0.05) is 20.8 Å². The average Bonchev–Trinajstić information content (AvgIpc) is 2.38. The maximum atomic E-state index is 11.7. The molecule has 0 radical (unpaired) electrons. The van der Waals surface area contributed by atoms with Gasteiger partial charge in [-0.05, 0) is 58.5 Å². The van der Waals surface area contributed by atoms with Crippen LogP contribution in [0.5, 0.6) is 0 Å². The highest BCUT2D eigenvalue weighted by molar-refractivity contribution is 14.1. The lowest BCUT2D eigenvalue weighted by Gasteiger charge is -2.08. The molecule has 98 valence electrons. The van der Waals surface area contributed by atoms with Crippen molar-refractivity contribution in [3.8, 4) is 0 Å². The highest BCUT2D eigenvalue weighted by atomic mass is 127. The van der Waals surface area contributed by atoms with Gasteiger partial charge in [-0.3, -0.25) is 0 Å². The minimum atomic E-state index is -0.225. The van der Waals surface area contributed by atoms with Gasteiger partial charge in [-0.15, -0.1) is 0 Å². The number of nitrogens with one attached hydrogen (secondary N) is 2. The smallest absolute Gasteiger partial charge is 0.319 e. The molecule has 19 heavy (non-hydrogen) atoms. The third kappa shape index (κ3) is 4.72. The SMILES string of the molecule is O=C(NCc1ccc(Cl)cc1)Nc1cccc(I)c1. The molecule has 2 amide bonds. The van der Waals surface area contributed by atoms with Crippen LogP contribution in [-0.2, 0) is 6.54 Å². The predicted octanol–water partition coefficient (Wildman–Crippen LogP) is 4.27. The summed E-state index contributed by atoms with van der Waals surface area (Å²) in [6, 6.07) is 14.8. The molecule has 0 saturated heterocycles. The molecule has 2 aromatic carbocycles. The van der Waals surface area contributed by atoms with Crippen molar-refractivity contribution in [1.29, 1.82) is 0 Å². The summed E-state index contributed by atoms with van der Waals surface area (Å²) in [5.41, 5.74) is 1.78. The lowest BCUT2D eigenvalue weighted by Crippen LogP contribution is -2.28. The summed E-state index contributed by atoms with van der Waals surface area (Å²) in [5, 5.41) is 6.26. The Labute approximate surface area is 130 Å². The van der Waals surface area contributed by atoms with Crippen LogP contribution in [0.25, 0.3) is 0 Å². The van der Waals surface area contributed by atoms with Crippen molar-refractivity contribution in [2.45, 2.75) is 6.54 Å². The fourth-order valence-electron chi connectivity index (χ4n) is 1.53. The summed E-state index contributed by atoms with van der Waals surface area (Å²) >= 11 is 8.00. The Morgan fingerprint density at radius 2 is 1.89 bits per heavy atom. The normalized spacial score (nSPS) is 10.0. The molecule has 0 aliphatic heterocycles. The molecule has 2 rings (SSSR count). The van der Waals surface area contributed by atoms with E-state index in [1.807, 2.05) is 36.4 Å². The molecule has 2 N–H and O–H groups in total. The zero-order chi connectivity index (χ0) is 13.7. The first-order chi connectivity index (χ1) is 9.13. The average molecular weight is 387 g/mol. The fraction of sp³-hybridized carbons (Fsp3) is 0.0714. The summed E-state index contributed by atoms with van der Waals surface area (Å²) in [5.74, 6) is 0. The van der Waals surface area contributed by atoms with Crippen molar-refractivity contribution in [3.05, 3.63) is 62.7 Å². The summed E-state index contributed by atoms with van der Waals surface area (Å²) in [7, 11) is 0. The van der Waals surface area contributed by atoms with Crippen molar-refractivity contribution >= 4 is 45.9 Å². The van der Waals surface area contributed by atoms with Crippen LogP contribution >= 0.6 is 34.2 Å². The molecule has 0 bridgehead atoms. The molecule has 0 spiro atoms. The van der Waals surface area contributed by atoms with Gasteiger partial charge in [0.25, 0.3) is 0 Å². The number of hydrogen-bond acceptors (Lipinski definition) is 1. The number of urea groups is 1. The second kappa shape index (κ2) is 6.77. The van der Waals surface area contributed by atoms with Crippen LogP contribution in [0, 0.1) is 3.57 Å². The number of carbonyl (C=O) groups is 1. The van der Waals surface area contributed by atoms with Gasteiger partial charge in [-0.2, -0.15) is 0 Å². The Morgan fingerprint density at radius 3 is 2.58 bits per heavy atom. The minimum absolute atomic E-state index is 0.225. The second-order valence-corrected chi connectivity index (χ2v) is 5.63. The number of rotatable bonds is 3. The molecule has 0 atom stereocenters. The van der Waals surface area contributed by atoms with Gasteiger partial charge in [0.1, 0.15) is 0 Å². The first kappa shape index (κ1) is 14.1. The topological polar surface area (TPSA) is 41.1 Å². The number of hydrogen-bond donors (Lipinski definition) is 2. The summed E-state index contributed by atoms with van der Waals surface area (Å²) in [4.78, 5) is 11.7. The number of halogens is 2. The van der Waals surface area contributed by atoms with Gasteiger partial charge in [0.05, 0.1) is 0 Å². The van der Waals surface area contributed by atoms with E-state index in [4.69, 9.17) is 11.6 Å². The summed E-state index contributed by atoms with van der Waals surface area (Å²) < 4.78 is 1.08. The van der Waals surface area contributed by atoms with Crippen LogP contribution in [0.2, 0.25) is 5.02 Å². The van der Waals surface area contributed by atoms with E-state index in [1.165, 1.54) is 0 Å². The van der Waals surface area contributed by atoms with E-state index in [0.717, 1.165) is 14.8 Å². The van der Waals surface area contributed by atoms with E-state index >= 15 is 0 Å². The number of amides is 2. The maximum absolute atomic E-state index is 11.7. The molecule has 2 aromatic rings. The van der Waals surface area contributed by atoms with Crippen molar-refractivity contribution < 1.29 is 4.79 Å². The van der Waals surface area contributed by atoms with Crippen molar-refractivity contribution in [2.75, 3.05) is 5.32 Å². The molecule has 0 heterocycles. The Hall–Kier alpha value is -1.27. The van der Waals surface area contributed by atoms with E-state index < -0.39 is 0 Å². The quantitative estimate of drug-likeness (QED) is 0.760. The highest BCUT2D eigenvalue weighted by Gasteiger charge is 2.02. The van der Waals surface area contributed by atoms with E-state index in [1.54, 1.807) is 12.1 Å². The van der Waals surface area contributed by atoms with E-state index in [2.05, 4.69) is 33.2 Å². The molecular formula is C14H12ClIN2O. The van der Waals surface area contributed by atoms with Crippen LogP contribution in [0.4, 0.5) is 10.5 Å². The Kier molecular flexibility index (Phi) is 5.04. The van der Waals surface area contributed by atoms with Crippen molar-refractivity contribution in [2.24, 2.45) is 0 Å². The largest absolute Gasteiger partial charge is 0.334 e. The Bertz CT molecular complexity index is 572. The van der Waals surface area contributed by atoms with Gasteiger partial charge in [-0.1, -0.05) is 29.8 Å². The van der Waals surface area contributed by atoms with Gasteiger partial charge in [0.15, 0.2) is 0 Å². The predicted molar refractivity (Wildman–Crippen MR) is 86.5 cm³/mol. The molecule has 0 aromatic heterocycles. The fourth-order valence-corrected chi connectivity index (χ4v) is 2.20. The first-order valence-electron chi connectivity index (χ1n) is 5.68. The lowest BCUT2D eigenvalue weighted by molar-refractivity contribution is 0.251. The molecule has 0 aliphatic carbocycles. The zero-order valence-corrected chi connectivity index (χ0v) is 12.9. The molecular weight excluding hydrogens is 375 g/mol. The van der Waals surface area contributed by atoms with E-state index in [0.29, 0.717) is 11.6 Å². The van der Waals surface area contributed by atoms with Crippen molar-refractivity contribution in [3.63, 3.8) is 0 Å². The zero-order valence-electron chi connectivity index (χ0n) is 9.99. The molecule has 0 saturated carbocycles. The van der Waals surface area contributed by atoms with Crippen LogP contribution in [0.3, 0.4) is 0 Å². The van der Waals surface area contributed by atoms with Crippen LogP contribution in [0.15, 0.2) is 48.5 Å². The van der Waals surface area contributed by atoms with Crippen LogP contribution in [0.1, 0.15) is 5.56 Å². The molecule has 0 unspecified atom stereocenters. The molecule has 5 heteroatoms. The Balaban J connectivity index is 1.86. The number of benzene rings is 2. The maximum Gasteiger partial charge on any atom is 0.319 e. The monoisotopic (exact) mass is 386 g/mol. The third-order valence-electron chi connectivity index (χ3n) is 2.45. The third-order valence-corrected chi connectivity index (χ3v) is 3.37. The van der Waals surface area contributed by atoms with E-state index in [-0.39, 0.29) is 6.03 Å². The summed E-state index contributed by atoms with van der Waals surface area (Å²) in [6.45, 7) is 0.465. The van der Waals surface area contributed by atoms with Crippen LogP contribution in [-0.4, -0.2) is 6.03 Å². The Morgan fingerprint density at radius 1 is 1.16 bits per heavy atom. The van der Waals surface area contributed by atoms with Crippen LogP contribution < -0.4 is 10.6 Å². The molecule has 0 fully saturated rings. The molecule has 0 aliphatic rings. The molecule has 3 nitrogen and oxygen atoms in total. The minimum Gasteiger partial charge on any atom is -0.334 e. The van der Waals surface area contributed by atoms with Gasteiger partial charge < -0.3 is 10.6 Å². The first-order valence-corrected chi connectivity index (χ1v) is 7.14. The highest BCUT2D eigenvalue weighted by Crippen LogP contribution is 2.12. The standard InChI is InChI=1S/C14H12ClIN2O/c15-11-6-4-10(5-7-11)9-17-14(19)18-13-3-1-2-12(16)8-13/h1-8H,9H2,(H2,17,18,19). The van der Waals surface area contributed by atoms with Gasteiger partial charge in [0.2, 0.25) is 0 Å².